The van der Waals surface area contributed by atoms with Crippen LogP contribution in [0, 0.1) is 0 Å². The third kappa shape index (κ3) is 3.20. The van der Waals surface area contributed by atoms with E-state index in [9.17, 15) is 0 Å². The normalized spacial score (nSPS) is 19.2. The van der Waals surface area contributed by atoms with E-state index in [0.717, 1.165) is 22.5 Å². The Bertz CT molecular complexity index is 986. The third-order valence-electron chi connectivity index (χ3n) is 5.12. The number of anilines is 1. The highest BCUT2D eigenvalue weighted by Gasteiger charge is 2.44. The van der Waals surface area contributed by atoms with E-state index in [0.29, 0.717) is 0 Å². The quantitative estimate of drug-likeness (QED) is 0.538. The molecule has 28 heavy (non-hydrogen) atoms. The molecule has 0 aromatic heterocycles. The van der Waals surface area contributed by atoms with Gasteiger partial charge in [-0.2, -0.15) is 0 Å². The summed E-state index contributed by atoms with van der Waals surface area (Å²) in [5, 5.41) is 3.59. The molecule has 1 heteroatoms. The first kappa shape index (κ1) is 19.4. The van der Waals surface area contributed by atoms with Crippen LogP contribution in [-0.4, -0.2) is 0 Å². The van der Waals surface area contributed by atoms with Crippen LogP contribution in [-0.2, 0) is 5.41 Å². The van der Waals surface area contributed by atoms with E-state index in [1.165, 1.54) is 11.1 Å². The average Bonchev–Trinajstić information content (AvgIpc) is 2.73. The van der Waals surface area contributed by atoms with Crippen molar-refractivity contribution in [1.82, 2.24) is 0 Å². The average molecular weight is 366 g/mol. The van der Waals surface area contributed by atoms with Gasteiger partial charge in [-0.15, -0.1) is 0 Å². The minimum absolute atomic E-state index is 0.516. The number of fused-ring (bicyclic) bond motifs is 1. The van der Waals surface area contributed by atoms with Crippen LogP contribution >= 0.6 is 0 Å². The SMILES string of the molecule is C=CC1=C(/C=C\C)Nc2ccccc2C1(C(=C)/C=C\C=C/C)c1ccccc1. The van der Waals surface area contributed by atoms with Gasteiger partial charge >= 0.3 is 0 Å². The molecule has 1 atom stereocenters. The largest absolute Gasteiger partial charge is 0.355 e. The van der Waals surface area contributed by atoms with Crippen molar-refractivity contribution in [3.8, 4) is 0 Å². The summed E-state index contributed by atoms with van der Waals surface area (Å²) in [5.41, 5.74) is 6.08. The molecule has 2 aromatic rings. The lowest BCUT2D eigenvalue weighted by atomic mass is 9.62. The van der Waals surface area contributed by atoms with Crippen LogP contribution in [0.1, 0.15) is 25.0 Å². The van der Waals surface area contributed by atoms with Gasteiger partial charge < -0.3 is 5.32 Å². The second kappa shape index (κ2) is 8.58. The predicted molar refractivity (Wildman–Crippen MR) is 122 cm³/mol. The fourth-order valence-corrected chi connectivity index (χ4v) is 3.98. The lowest BCUT2D eigenvalue weighted by molar-refractivity contribution is 0.731. The summed E-state index contributed by atoms with van der Waals surface area (Å²) in [7, 11) is 0. The molecule has 140 valence electrons. The highest BCUT2D eigenvalue weighted by Crippen LogP contribution is 2.52. The third-order valence-corrected chi connectivity index (χ3v) is 5.12. The molecular formula is C27H27N. The summed E-state index contributed by atoms with van der Waals surface area (Å²) < 4.78 is 0. The molecule has 3 rings (SSSR count). The van der Waals surface area contributed by atoms with Gasteiger partial charge in [0.1, 0.15) is 0 Å². The van der Waals surface area contributed by atoms with Crippen molar-refractivity contribution in [1.29, 1.82) is 0 Å². The topological polar surface area (TPSA) is 12.0 Å². The summed E-state index contributed by atoms with van der Waals surface area (Å²) >= 11 is 0. The van der Waals surface area contributed by atoms with Crippen LogP contribution in [0.15, 0.2) is 127 Å². The Morgan fingerprint density at radius 3 is 2.32 bits per heavy atom. The van der Waals surface area contributed by atoms with Crippen molar-refractivity contribution in [2.75, 3.05) is 5.32 Å². The molecule has 0 bridgehead atoms. The zero-order valence-corrected chi connectivity index (χ0v) is 16.7. The minimum atomic E-state index is -0.516. The molecule has 0 amide bonds. The number of para-hydroxylation sites is 1. The maximum absolute atomic E-state index is 4.54. The van der Waals surface area contributed by atoms with Gasteiger partial charge in [-0.3, -0.25) is 0 Å². The monoisotopic (exact) mass is 365 g/mol. The summed E-state index contributed by atoms with van der Waals surface area (Å²) in [4.78, 5) is 0. The number of benzene rings is 2. The zero-order chi connectivity index (χ0) is 20.0. The summed E-state index contributed by atoms with van der Waals surface area (Å²) in [6.45, 7) is 12.8. The van der Waals surface area contributed by atoms with Crippen molar-refractivity contribution >= 4 is 5.69 Å². The standard InChI is InChI=1S/C27H27N/c1-5-8-10-16-21(4)27(22-17-11-9-12-18-22)23(7-3)25(15-6-2)28-26-20-14-13-19-24(26)27/h5-20,28H,3-4H2,1-2H3/b8-5-,15-6-,16-10-. The van der Waals surface area contributed by atoms with Crippen molar-refractivity contribution < 1.29 is 0 Å². The second-order valence-electron chi connectivity index (χ2n) is 6.73. The summed E-state index contributed by atoms with van der Waals surface area (Å²) in [6.07, 6.45) is 14.3. The maximum atomic E-state index is 4.54. The van der Waals surface area contributed by atoms with Gasteiger partial charge in [0.25, 0.3) is 0 Å². The van der Waals surface area contributed by atoms with Crippen molar-refractivity contribution in [3.63, 3.8) is 0 Å². The molecule has 1 nitrogen and oxygen atoms in total. The highest BCUT2D eigenvalue weighted by molar-refractivity contribution is 5.76. The van der Waals surface area contributed by atoms with Gasteiger partial charge in [0.05, 0.1) is 5.41 Å². The number of rotatable bonds is 6. The lowest BCUT2D eigenvalue weighted by Crippen LogP contribution is -2.36. The van der Waals surface area contributed by atoms with Crippen molar-refractivity contribution in [3.05, 3.63) is 138 Å². The Kier molecular flexibility index (Phi) is 5.96. The lowest BCUT2D eigenvalue weighted by Gasteiger charge is -2.43. The van der Waals surface area contributed by atoms with E-state index < -0.39 is 5.41 Å². The number of hydrogen-bond acceptors (Lipinski definition) is 1. The number of hydrogen-bond donors (Lipinski definition) is 1. The van der Waals surface area contributed by atoms with Crippen molar-refractivity contribution in [2.24, 2.45) is 0 Å². The molecule has 0 saturated carbocycles. The number of allylic oxidation sites excluding steroid dienone is 9. The first-order valence-corrected chi connectivity index (χ1v) is 9.60. The molecule has 1 aliphatic heterocycles. The first-order chi connectivity index (χ1) is 13.7. The summed E-state index contributed by atoms with van der Waals surface area (Å²) in [6, 6.07) is 19.0. The fourth-order valence-electron chi connectivity index (χ4n) is 3.98. The van der Waals surface area contributed by atoms with Crippen LogP contribution in [0.25, 0.3) is 0 Å². The highest BCUT2D eigenvalue weighted by atomic mass is 14.9. The van der Waals surface area contributed by atoms with Crippen LogP contribution in [0.3, 0.4) is 0 Å². The van der Waals surface area contributed by atoms with E-state index in [1.54, 1.807) is 0 Å². The van der Waals surface area contributed by atoms with Crippen molar-refractivity contribution in [2.45, 2.75) is 19.3 Å². The van der Waals surface area contributed by atoms with Gasteiger partial charge in [-0.25, -0.2) is 0 Å². The summed E-state index contributed by atoms with van der Waals surface area (Å²) in [5.74, 6) is 0. The molecule has 2 aromatic carbocycles. The molecule has 0 radical (unpaired) electrons. The van der Waals surface area contributed by atoms with Gasteiger partial charge in [0.2, 0.25) is 0 Å². The zero-order valence-electron chi connectivity index (χ0n) is 16.7. The van der Waals surface area contributed by atoms with Crippen LogP contribution in [0.2, 0.25) is 0 Å². The molecule has 0 aliphatic carbocycles. The van der Waals surface area contributed by atoms with Crippen LogP contribution in [0.5, 0.6) is 0 Å². The van der Waals surface area contributed by atoms with E-state index in [4.69, 9.17) is 0 Å². The van der Waals surface area contributed by atoms with E-state index in [2.05, 4.69) is 79.2 Å². The Morgan fingerprint density at radius 1 is 0.929 bits per heavy atom. The Morgan fingerprint density at radius 2 is 1.64 bits per heavy atom. The van der Waals surface area contributed by atoms with E-state index in [-0.39, 0.29) is 0 Å². The van der Waals surface area contributed by atoms with E-state index in [1.807, 2.05) is 50.3 Å². The molecule has 0 fully saturated rings. The molecule has 1 aliphatic rings. The molecule has 0 spiro atoms. The minimum Gasteiger partial charge on any atom is -0.355 e. The molecule has 1 N–H and O–H groups in total. The Balaban J connectivity index is 2.43. The molecular weight excluding hydrogens is 338 g/mol. The fraction of sp³-hybridized carbons (Fsp3) is 0.111. The van der Waals surface area contributed by atoms with Crippen LogP contribution in [0.4, 0.5) is 5.69 Å². The van der Waals surface area contributed by atoms with Gasteiger partial charge in [0.15, 0.2) is 0 Å². The van der Waals surface area contributed by atoms with Gasteiger partial charge in [-0.05, 0) is 48.3 Å². The smallest absolute Gasteiger partial charge is 0.0736 e. The Hall–Kier alpha value is -3.32. The second-order valence-corrected chi connectivity index (χ2v) is 6.73. The number of nitrogens with one attached hydrogen (secondary N) is 1. The van der Waals surface area contributed by atoms with Gasteiger partial charge in [-0.1, -0.05) is 98.1 Å². The van der Waals surface area contributed by atoms with Crippen LogP contribution < -0.4 is 5.32 Å². The Labute approximate surface area is 168 Å². The maximum Gasteiger partial charge on any atom is 0.0736 e. The van der Waals surface area contributed by atoms with E-state index >= 15 is 0 Å². The first-order valence-electron chi connectivity index (χ1n) is 9.60. The molecule has 0 saturated heterocycles. The van der Waals surface area contributed by atoms with Gasteiger partial charge in [0, 0.05) is 11.4 Å². The molecule has 1 heterocycles. The predicted octanol–water partition coefficient (Wildman–Crippen LogP) is 7.10. The molecule has 1 unspecified atom stereocenters.